The van der Waals surface area contributed by atoms with Gasteiger partial charge in [-0.3, -0.25) is 14.7 Å². The molecular weight excluding hydrogens is 455 g/mol. The molecule has 0 radical (unpaired) electrons. The molecule has 1 N–H and O–H groups in total. The monoisotopic (exact) mass is 479 g/mol. The van der Waals surface area contributed by atoms with Crippen molar-refractivity contribution in [3.8, 4) is 11.5 Å². The summed E-state index contributed by atoms with van der Waals surface area (Å²) in [5, 5.41) is 10.8. The third-order valence-corrected chi connectivity index (χ3v) is 6.81. The molecule has 0 saturated carbocycles. The number of H-pyrrole nitrogens is 1. The van der Waals surface area contributed by atoms with Crippen LogP contribution in [0.4, 0.5) is 13.2 Å². The molecule has 0 unspecified atom stereocenters. The number of carbonyl (C=O) groups is 2. The minimum Gasteiger partial charge on any atom is -0.484 e. The molecule has 3 aliphatic rings. The van der Waals surface area contributed by atoms with Gasteiger partial charge in [-0.15, -0.1) is 18.3 Å². The molecule has 1 aromatic heterocycles. The maximum Gasteiger partial charge on any atom is 0.573 e. The van der Waals surface area contributed by atoms with E-state index in [-0.39, 0.29) is 47.7 Å². The number of ether oxygens (including phenoxy) is 2. The number of benzene rings is 1. The number of nitrogens with one attached hydrogen (secondary N) is 1. The Morgan fingerprint density at radius 3 is 2.35 bits per heavy atom. The van der Waals surface area contributed by atoms with Crippen LogP contribution in [0.3, 0.4) is 0 Å². The van der Waals surface area contributed by atoms with Crippen molar-refractivity contribution in [2.75, 3.05) is 32.8 Å². The molecule has 2 fully saturated rings. The Morgan fingerprint density at radius 1 is 1.03 bits per heavy atom. The van der Waals surface area contributed by atoms with Crippen LogP contribution in [-0.4, -0.2) is 76.2 Å². The standard InChI is InChI=1S/C22H24F3N5O4/c23-22(24,25)34-17-4-2-16(3-5-17)33-12-20(31)29-8-14-10-30(11-15(14)9-29)21(32)13-1-6-18-19(7-13)27-28-26-18/h2-5,13-15H,1,6-12H2,(H,26,27,28)/t13-,14+,15+/m1/s1. The van der Waals surface area contributed by atoms with Gasteiger partial charge in [0.15, 0.2) is 6.61 Å². The second kappa shape index (κ2) is 8.80. The van der Waals surface area contributed by atoms with Gasteiger partial charge < -0.3 is 19.3 Å². The summed E-state index contributed by atoms with van der Waals surface area (Å²) in [4.78, 5) is 29.3. The van der Waals surface area contributed by atoms with E-state index in [9.17, 15) is 22.8 Å². The van der Waals surface area contributed by atoms with Gasteiger partial charge in [-0.25, -0.2) is 0 Å². The number of aromatic nitrogens is 3. The molecule has 0 bridgehead atoms. The van der Waals surface area contributed by atoms with E-state index < -0.39 is 6.36 Å². The summed E-state index contributed by atoms with van der Waals surface area (Å²) in [7, 11) is 0. The van der Waals surface area contributed by atoms with Crippen LogP contribution in [0.15, 0.2) is 24.3 Å². The van der Waals surface area contributed by atoms with Crippen molar-refractivity contribution in [1.29, 1.82) is 0 Å². The van der Waals surface area contributed by atoms with Crippen molar-refractivity contribution < 1.29 is 32.2 Å². The van der Waals surface area contributed by atoms with Crippen LogP contribution in [0.1, 0.15) is 17.8 Å². The molecule has 2 aromatic rings. The molecule has 0 spiro atoms. The number of fused-ring (bicyclic) bond motifs is 2. The van der Waals surface area contributed by atoms with Gasteiger partial charge in [0.1, 0.15) is 11.5 Å². The number of amides is 2. The molecule has 1 aliphatic carbocycles. The Morgan fingerprint density at radius 2 is 1.68 bits per heavy atom. The topological polar surface area (TPSA) is 101 Å². The quantitative estimate of drug-likeness (QED) is 0.702. The fourth-order valence-corrected chi connectivity index (χ4v) is 5.11. The summed E-state index contributed by atoms with van der Waals surface area (Å²) in [6.45, 7) is 2.19. The zero-order valence-corrected chi connectivity index (χ0v) is 18.3. The van der Waals surface area contributed by atoms with E-state index in [2.05, 4.69) is 20.1 Å². The lowest BCUT2D eigenvalue weighted by Crippen LogP contribution is -2.40. The lowest BCUT2D eigenvalue weighted by Gasteiger charge is -2.27. The molecule has 34 heavy (non-hydrogen) atoms. The highest BCUT2D eigenvalue weighted by Gasteiger charge is 2.44. The molecule has 3 atom stereocenters. The van der Waals surface area contributed by atoms with Gasteiger partial charge in [-0.1, -0.05) is 5.21 Å². The highest BCUT2D eigenvalue weighted by atomic mass is 19.4. The predicted octanol–water partition coefficient (Wildman–Crippen LogP) is 1.80. The minimum absolute atomic E-state index is 0.0736. The molecule has 182 valence electrons. The van der Waals surface area contributed by atoms with Gasteiger partial charge in [-0.2, -0.15) is 0 Å². The number of likely N-dealkylation sites (tertiary alicyclic amines) is 2. The molecule has 5 rings (SSSR count). The van der Waals surface area contributed by atoms with E-state index in [4.69, 9.17) is 4.74 Å². The summed E-state index contributed by atoms with van der Waals surface area (Å²) in [5.74, 6) is 0.288. The minimum atomic E-state index is -4.76. The van der Waals surface area contributed by atoms with Gasteiger partial charge >= 0.3 is 6.36 Å². The lowest BCUT2D eigenvalue weighted by atomic mass is 9.89. The normalized spacial score (nSPS) is 24.0. The van der Waals surface area contributed by atoms with E-state index in [0.29, 0.717) is 32.6 Å². The molecule has 2 amide bonds. The number of carbonyl (C=O) groups excluding carboxylic acids is 2. The zero-order valence-electron chi connectivity index (χ0n) is 18.3. The molecule has 12 heteroatoms. The third-order valence-electron chi connectivity index (χ3n) is 6.81. The Labute approximate surface area is 193 Å². The second-order valence-corrected chi connectivity index (χ2v) is 9.05. The molecule has 3 heterocycles. The fourth-order valence-electron chi connectivity index (χ4n) is 5.11. The van der Waals surface area contributed by atoms with Crippen LogP contribution in [0.5, 0.6) is 11.5 Å². The van der Waals surface area contributed by atoms with Crippen LogP contribution in [-0.2, 0) is 22.4 Å². The SMILES string of the molecule is O=C(COc1ccc(OC(F)(F)F)cc1)N1C[C@H]2CN(C(=O)[C@@H]3CCc4[nH]nnc4C3)C[C@@H]2C1. The van der Waals surface area contributed by atoms with Gasteiger partial charge in [0.25, 0.3) is 5.91 Å². The summed E-state index contributed by atoms with van der Waals surface area (Å²) in [6, 6.07) is 4.91. The Balaban J connectivity index is 1.08. The fraction of sp³-hybridized carbons (Fsp3) is 0.545. The predicted molar refractivity (Wildman–Crippen MR) is 111 cm³/mol. The van der Waals surface area contributed by atoms with Crippen molar-refractivity contribution in [2.45, 2.75) is 25.6 Å². The summed E-state index contributed by atoms with van der Waals surface area (Å²) in [5.41, 5.74) is 1.90. The van der Waals surface area contributed by atoms with Gasteiger partial charge in [0, 0.05) is 50.4 Å². The highest BCUT2D eigenvalue weighted by Crippen LogP contribution is 2.34. The Kier molecular flexibility index (Phi) is 5.82. The zero-order chi connectivity index (χ0) is 23.9. The number of aromatic amines is 1. The van der Waals surface area contributed by atoms with Crippen molar-refractivity contribution >= 4 is 11.8 Å². The average Bonchev–Trinajstić information content (AvgIpc) is 3.51. The highest BCUT2D eigenvalue weighted by molar-refractivity contribution is 5.80. The van der Waals surface area contributed by atoms with Crippen LogP contribution in [0.25, 0.3) is 0 Å². The largest absolute Gasteiger partial charge is 0.573 e. The van der Waals surface area contributed by atoms with Gasteiger partial charge in [0.05, 0.1) is 11.4 Å². The molecule has 9 nitrogen and oxygen atoms in total. The average molecular weight is 479 g/mol. The number of nitrogens with zero attached hydrogens (tertiary/aromatic N) is 4. The number of alkyl halides is 3. The van der Waals surface area contributed by atoms with Crippen molar-refractivity contribution in [3.63, 3.8) is 0 Å². The van der Waals surface area contributed by atoms with Crippen molar-refractivity contribution in [3.05, 3.63) is 35.7 Å². The Bertz CT molecular complexity index is 1040. The smallest absolute Gasteiger partial charge is 0.484 e. The van der Waals surface area contributed by atoms with E-state index in [1.54, 1.807) is 4.90 Å². The molecule has 2 aliphatic heterocycles. The van der Waals surface area contributed by atoms with E-state index in [0.717, 1.165) is 36.4 Å². The maximum absolute atomic E-state index is 13.0. The summed E-state index contributed by atoms with van der Waals surface area (Å²) < 4.78 is 46.0. The number of rotatable bonds is 5. The molecular formula is C22H24F3N5O4. The number of hydrogen-bond donors (Lipinski definition) is 1. The number of hydrogen-bond acceptors (Lipinski definition) is 6. The van der Waals surface area contributed by atoms with Crippen LogP contribution in [0.2, 0.25) is 0 Å². The van der Waals surface area contributed by atoms with E-state index in [1.165, 1.54) is 12.1 Å². The van der Waals surface area contributed by atoms with Gasteiger partial charge in [-0.05, 0) is 37.1 Å². The number of aryl methyl sites for hydroxylation is 1. The van der Waals surface area contributed by atoms with E-state index >= 15 is 0 Å². The first-order valence-corrected chi connectivity index (χ1v) is 11.2. The summed E-state index contributed by atoms with van der Waals surface area (Å²) >= 11 is 0. The first kappa shape index (κ1) is 22.5. The van der Waals surface area contributed by atoms with Crippen LogP contribution >= 0.6 is 0 Å². The molecule has 2 saturated heterocycles. The van der Waals surface area contributed by atoms with E-state index in [1.807, 2.05) is 4.90 Å². The first-order valence-electron chi connectivity index (χ1n) is 11.2. The Hall–Kier alpha value is -3.31. The maximum atomic E-state index is 13.0. The van der Waals surface area contributed by atoms with Crippen LogP contribution in [0, 0.1) is 17.8 Å². The molecule has 1 aromatic carbocycles. The number of halogens is 3. The second-order valence-electron chi connectivity index (χ2n) is 9.05. The third kappa shape index (κ3) is 4.80. The van der Waals surface area contributed by atoms with Crippen molar-refractivity contribution in [1.82, 2.24) is 25.2 Å². The van der Waals surface area contributed by atoms with Crippen molar-refractivity contribution in [2.24, 2.45) is 17.8 Å². The van der Waals surface area contributed by atoms with Crippen LogP contribution < -0.4 is 9.47 Å². The summed E-state index contributed by atoms with van der Waals surface area (Å²) in [6.07, 6.45) is -2.59. The first-order chi connectivity index (χ1) is 16.2. The van der Waals surface area contributed by atoms with Gasteiger partial charge in [0.2, 0.25) is 5.91 Å². The lowest BCUT2D eigenvalue weighted by molar-refractivity contribution is -0.274.